The van der Waals surface area contributed by atoms with Gasteiger partial charge in [0.05, 0.1) is 0 Å². The first-order chi connectivity index (χ1) is 2.00. The molecule has 0 N–H and O–H groups in total. The van der Waals surface area contributed by atoms with E-state index >= 15 is 0 Å². The van der Waals surface area contributed by atoms with E-state index in [0.717, 1.165) is 0 Å². The Balaban J connectivity index is -0.0000000267. The zero-order chi connectivity index (χ0) is 4.50. The number of hydrogen-bond donors (Lipinski definition) is 0. The Bertz CT molecular complexity index is 31.5. The molecule has 0 aliphatic rings. The van der Waals surface area contributed by atoms with E-state index in [9.17, 15) is 0 Å². The third-order valence-electron chi connectivity index (χ3n) is 0. The minimum Gasteiger partial charge on any atom is -1.00 e. The van der Waals surface area contributed by atoms with Crippen LogP contribution in [0.2, 0.25) is 0 Å². The van der Waals surface area contributed by atoms with Crippen molar-refractivity contribution in [2.75, 3.05) is 0 Å². The molecule has 0 aromatic rings. The summed E-state index contributed by atoms with van der Waals surface area (Å²) in [7, 11) is -4.94. The first kappa shape index (κ1) is 16.4. The summed E-state index contributed by atoms with van der Waals surface area (Å²) in [5.41, 5.74) is 0. The minimum absolute atomic E-state index is 0. The minimum atomic E-state index is -4.94. The van der Waals surface area contributed by atoms with Gasteiger partial charge < -0.3 is 1.43 Å². The Morgan fingerprint density at radius 1 is 1.00 bits per heavy atom. The number of rotatable bonds is 0. The maximum atomic E-state index is 8.49. The summed E-state index contributed by atoms with van der Waals surface area (Å²) in [6.07, 6.45) is 0. The van der Waals surface area contributed by atoms with Crippen molar-refractivity contribution in [1.29, 1.82) is 0 Å². The van der Waals surface area contributed by atoms with Gasteiger partial charge in [-0.1, -0.05) is 0 Å². The normalized spacial score (nSPS) is 8.57. The van der Waals surface area contributed by atoms with E-state index in [2.05, 4.69) is 0 Å². The number of halogens is 1. The van der Waals surface area contributed by atoms with E-state index in [0.29, 0.717) is 0 Å². The van der Waals surface area contributed by atoms with Gasteiger partial charge in [-0.15, -0.1) is 10.2 Å². The summed E-state index contributed by atoms with van der Waals surface area (Å²) in [6.45, 7) is 0. The van der Waals surface area contributed by atoms with Crippen LogP contribution in [0.4, 0.5) is 0 Å². The predicted molar refractivity (Wildman–Crippen MR) is 1.11 cm³/mol. The fraction of sp³-hybridized carbons (Fsp3) is 0. The Morgan fingerprint density at radius 3 is 1.00 bits per heavy atom. The SMILES string of the molecule is [H-].[K+].[Na+].[O-][Cl+3]([O-])([O-])[O-]. The van der Waals surface area contributed by atoms with Gasteiger partial charge in [0.1, 0.15) is 0 Å². The van der Waals surface area contributed by atoms with Gasteiger partial charge in [-0.05, 0) is 0 Å². The summed E-state index contributed by atoms with van der Waals surface area (Å²) in [5, 5.41) is 0. The van der Waals surface area contributed by atoms with Gasteiger partial charge in [0.15, 0.2) is 0 Å². The quantitative estimate of drug-likeness (QED) is 0.331. The molecule has 0 saturated carbocycles. The number of hydrogen-bond acceptors (Lipinski definition) is 4. The van der Waals surface area contributed by atoms with Crippen LogP contribution in [0.25, 0.3) is 0 Å². The van der Waals surface area contributed by atoms with Crippen molar-refractivity contribution in [3.8, 4) is 0 Å². The van der Waals surface area contributed by atoms with Crippen LogP contribution in [0.5, 0.6) is 0 Å². The summed E-state index contributed by atoms with van der Waals surface area (Å²) >= 11 is 0. The second-order valence-electron chi connectivity index (χ2n) is 0.378. The molecule has 0 spiro atoms. The van der Waals surface area contributed by atoms with Crippen molar-refractivity contribution in [3.05, 3.63) is 0 Å². The van der Waals surface area contributed by atoms with Gasteiger partial charge in [0.2, 0.25) is 0 Å². The molecule has 34 valence electrons. The van der Waals surface area contributed by atoms with Gasteiger partial charge in [0.25, 0.3) is 0 Å². The molecule has 0 aromatic carbocycles. The fourth-order valence-corrected chi connectivity index (χ4v) is 0. The van der Waals surface area contributed by atoms with Crippen LogP contribution in [-0.4, -0.2) is 0 Å². The van der Waals surface area contributed by atoms with E-state index in [1.54, 1.807) is 0 Å². The molecule has 0 fully saturated rings. The molecule has 0 radical (unpaired) electrons. The molecule has 0 aliphatic heterocycles. The van der Waals surface area contributed by atoms with E-state index < -0.39 is 10.2 Å². The van der Waals surface area contributed by atoms with Crippen LogP contribution < -0.4 is 99.6 Å². The molecular weight excluding hydrogens is 162 g/mol. The molecule has 0 unspecified atom stereocenters. The van der Waals surface area contributed by atoms with Crippen LogP contribution in [0.3, 0.4) is 0 Å². The molecule has 4 nitrogen and oxygen atoms in total. The Hall–Kier alpha value is 2.77. The van der Waals surface area contributed by atoms with Crippen molar-refractivity contribution in [1.82, 2.24) is 0 Å². The summed E-state index contributed by atoms with van der Waals surface area (Å²) in [5.74, 6) is 0. The van der Waals surface area contributed by atoms with Crippen molar-refractivity contribution in [3.63, 3.8) is 0 Å². The standard InChI is InChI=1S/ClHO4.K.Na.H/c2-1(3,4)5;;;/h(H,2,3,4,5);;;/q;2*+1;-1/p-1. The molecule has 0 rings (SSSR count). The Kier molecular flexibility index (Phi) is 16.1. The van der Waals surface area contributed by atoms with Crippen molar-refractivity contribution in [2.45, 2.75) is 0 Å². The van der Waals surface area contributed by atoms with Gasteiger partial charge in [0, 0.05) is 0 Å². The van der Waals surface area contributed by atoms with Crippen LogP contribution in [0, 0.1) is 10.2 Å². The molecule has 7 heteroatoms. The summed E-state index contributed by atoms with van der Waals surface area (Å²) < 4.78 is 34.0. The summed E-state index contributed by atoms with van der Waals surface area (Å²) in [4.78, 5) is 0. The molecule has 0 atom stereocenters. The molecule has 0 heterocycles. The topological polar surface area (TPSA) is 92.2 Å². The van der Waals surface area contributed by atoms with Gasteiger partial charge >= 0.3 is 80.9 Å². The van der Waals surface area contributed by atoms with E-state index in [1.165, 1.54) is 0 Å². The van der Waals surface area contributed by atoms with Crippen LogP contribution >= 0.6 is 0 Å². The second-order valence-corrected chi connectivity index (χ2v) is 1.13. The van der Waals surface area contributed by atoms with Crippen molar-refractivity contribution >= 4 is 0 Å². The molecule has 0 amide bonds. The first-order valence-corrected chi connectivity index (χ1v) is 1.85. The van der Waals surface area contributed by atoms with Gasteiger partial charge in [-0.3, -0.25) is 0 Å². The van der Waals surface area contributed by atoms with Gasteiger partial charge in [-0.25, -0.2) is 18.6 Å². The van der Waals surface area contributed by atoms with Crippen LogP contribution in [-0.2, 0) is 0 Å². The molecule has 0 saturated heterocycles. The third kappa shape index (κ3) is 52.4. The summed E-state index contributed by atoms with van der Waals surface area (Å²) in [6, 6.07) is 0. The van der Waals surface area contributed by atoms with E-state index in [1.807, 2.05) is 0 Å². The van der Waals surface area contributed by atoms with Crippen molar-refractivity contribution < 1.29 is 111 Å². The largest absolute Gasteiger partial charge is 1.00 e. The van der Waals surface area contributed by atoms with Crippen LogP contribution in [0.1, 0.15) is 1.43 Å². The third-order valence-corrected chi connectivity index (χ3v) is 0. The van der Waals surface area contributed by atoms with Crippen LogP contribution in [0.15, 0.2) is 0 Å². The molecule has 7 heavy (non-hydrogen) atoms. The molecule has 0 aromatic heterocycles. The van der Waals surface area contributed by atoms with Gasteiger partial charge in [-0.2, -0.15) is 0 Å². The molecule has 0 aliphatic carbocycles. The van der Waals surface area contributed by atoms with Crippen molar-refractivity contribution in [2.24, 2.45) is 0 Å². The monoisotopic (exact) mass is 162 g/mol. The zero-order valence-corrected chi connectivity index (χ0v) is 9.89. The predicted octanol–water partition coefficient (Wildman–Crippen LogP) is -10.6. The molecule has 0 bridgehead atoms. The van der Waals surface area contributed by atoms with E-state index in [4.69, 9.17) is 18.6 Å². The maximum Gasteiger partial charge on any atom is 1.00 e. The fourth-order valence-electron chi connectivity index (χ4n) is 0. The Morgan fingerprint density at radius 2 is 1.00 bits per heavy atom. The average molecular weight is 163 g/mol. The second kappa shape index (κ2) is 6.88. The smallest absolute Gasteiger partial charge is 1.00 e. The van der Waals surface area contributed by atoms with E-state index in [-0.39, 0.29) is 82.4 Å². The zero-order valence-electron chi connectivity index (χ0n) is 5.01. The molecular formula is HClKNaO4. The first-order valence-electron chi connectivity index (χ1n) is 0.617. The Labute approximate surface area is 109 Å². The average Bonchev–Trinajstić information content (AvgIpc) is 0.722. The maximum absolute atomic E-state index is 8.49.